The first-order valence-electron chi connectivity index (χ1n) is 6.24. The number of hydrogen-bond acceptors (Lipinski definition) is 3. The van der Waals surface area contributed by atoms with Gasteiger partial charge in [0.15, 0.2) is 0 Å². The number of nitrogen functional groups attached to an aromatic ring is 1. The third kappa shape index (κ3) is 3.45. The summed E-state index contributed by atoms with van der Waals surface area (Å²) in [4.78, 5) is 16.1. The van der Waals surface area contributed by atoms with Gasteiger partial charge in [-0.25, -0.2) is 0 Å². The van der Waals surface area contributed by atoms with Crippen LogP contribution in [0.5, 0.6) is 0 Å². The smallest absolute Gasteiger partial charge is 0.254 e. The Kier molecular flexibility index (Phi) is 4.33. The van der Waals surface area contributed by atoms with E-state index in [2.05, 4.69) is 38.0 Å². The SMILES string of the molecule is Cc1cc(N)c(C(=O)NCC(C)(C)C(C)C)cn1. The zero-order chi connectivity index (χ0) is 13.9. The highest BCUT2D eigenvalue weighted by atomic mass is 16.1. The van der Waals surface area contributed by atoms with Gasteiger partial charge in [0.2, 0.25) is 0 Å². The number of aromatic nitrogens is 1. The standard InChI is InChI=1S/C14H23N3O/c1-9(2)14(4,5)8-17-13(18)11-7-16-10(3)6-12(11)15/h6-7,9H,8H2,1-5H3,(H2,15,16)(H,17,18). The number of aryl methyl sites for hydroxylation is 1. The number of rotatable bonds is 4. The number of anilines is 1. The monoisotopic (exact) mass is 249 g/mol. The second-order valence-electron chi connectivity index (χ2n) is 5.74. The molecule has 18 heavy (non-hydrogen) atoms. The number of amides is 1. The third-order valence-electron chi connectivity index (χ3n) is 3.58. The summed E-state index contributed by atoms with van der Waals surface area (Å²) in [6.07, 6.45) is 1.53. The van der Waals surface area contributed by atoms with Crippen LogP contribution in [0.2, 0.25) is 0 Å². The van der Waals surface area contributed by atoms with Crippen LogP contribution >= 0.6 is 0 Å². The summed E-state index contributed by atoms with van der Waals surface area (Å²) < 4.78 is 0. The normalized spacial score (nSPS) is 11.7. The molecule has 0 fully saturated rings. The van der Waals surface area contributed by atoms with E-state index in [1.807, 2.05) is 6.92 Å². The van der Waals surface area contributed by atoms with E-state index in [4.69, 9.17) is 5.73 Å². The molecule has 1 rings (SSSR count). The predicted octanol–water partition coefficient (Wildman–Crippen LogP) is 2.38. The van der Waals surface area contributed by atoms with Crippen LogP contribution in [0.3, 0.4) is 0 Å². The van der Waals surface area contributed by atoms with Crippen molar-refractivity contribution in [3.8, 4) is 0 Å². The average molecular weight is 249 g/mol. The molecule has 0 aliphatic heterocycles. The summed E-state index contributed by atoms with van der Waals surface area (Å²) in [7, 11) is 0. The summed E-state index contributed by atoms with van der Waals surface area (Å²) in [5.74, 6) is 0.333. The highest BCUT2D eigenvalue weighted by Gasteiger charge is 2.23. The van der Waals surface area contributed by atoms with E-state index in [-0.39, 0.29) is 11.3 Å². The number of carbonyl (C=O) groups excluding carboxylic acids is 1. The van der Waals surface area contributed by atoms with Gasteiger partial charge in [-0.3, -0.25) is 9.78 Å². The van der Waals surface area contributed by atoms with Crippen LogP contribution in [0.1, 0.15) is 43.7 Å². The topological polar surface area (TPSA) is 68.0 Å². The Hall–Kier alpha value is -1.58. The molecule has 4 heteroatoms. The molecule has 0 radical (unpaired) electrons. The molecule has 0 aromatic carbocycles. The molecule has 1 amide bonds. The minimum absolute atomic E-state index is 0.0581. The van der Waals surface area contributed by atoms with Crippen molar-refractivity contribution in [2.45, 2.75) is 34.6 Å². The van der Waals surface area contributed by atoms with Crippen molar-refractivity contribution in [2.24, 2.45) is 11.3 Å². The van der Waals surface area contributed by atoms with Gasteiger partial charge in [-0.15, -0.1) is 0 Å². The largest absolute Gasteiger partial charge is 0.398 e. The molecule has 0 aliphatic rings. The minimum atomic E-state index is -0.159. The first-order chi connectivity index (χ1) is 8.24. The molecule has 0 bridgehead atoms. The van der Waals surface area contributed by atoms with Crippen molar-refractivity contribution < 1.29 is 4.79 Å². The Bertz CT molecular complexity index is 439. The van der Waals surface area contributed by atoms with Crippen molar-refractivity contribution in [2.75, 3.05) is 12.3 Å². The molecule has 1 aromatic heterocycles. The maximum atomic E-state index is 12.0. The first-order valence-corrected chi connectivity index (χ1v) is 6.24. The fourth-order valence-electron chi connectivity index (χ4n) is 1.38. The second kappa shape index (κ2) is 5.38. The van der Waals surface area contributed by atoms with Gasteiger partial charge in [-0.1, -0.05) is 27.7 Å². The lowest BCUT2D eigenvalue weighted by Crippen LogP contribution is -2.37. The molecule has 4 nitrogen and oxygen atoms in total. The fraction of sp³-hybridized carbons (Fsp3) is 0.571. The Morgan fingerprint density at radius 3 is 2.61 bits per heavy atom. The van der Waals surface area contributed by atoms with Crippen molar-refractivity contribution in [1.82, 2.24) is 10.3 Å². The van der Waals surface area contributed by atoms with Crippen LogP contribution < -0.4 is 11.1 Å². The number of nitrogens with two attached hydrogens (primary N) is 1. The number of nitrogens with zero attached hydrogens (tertiary/aromatic N) is 1. The lowest BCUT2D eigenvalue weighted by molar-refractivity contribution is 0.0925. The number of nitrogens with one attached hydrogen (secondary N) is 1. The van der Waals surface area contributed by atoms with Gasteiger partial charge in [-0.05, 0) is 24.3 Å². The van der Waals surface area contributed by atoms with E-state index in [0.29, 0.717) is 23.7 Å². The number of hydrogen-bond donors (Lipinski definition) is 2. The first kappa shape index (κ1) is 14.5. The zero-order valence-electron chi connectivity index (χ0n) is 11.9. The summed E-state index contributed by atoms with van der Waals surface area (Å²) in [6, 6.07) is 1.71. The molecule has 1 aromatic rings. The Morgan fingerprint density at radius 1 is 1.50 bits per heavy atom. The molecule has 0 unspecified atom stereocenters. The van der Waals surface area contributed by atoms with E-state index in [9.17, 15) is 4.79 Å². The van der Waals surface area contributed by atoms with Crippen molar-refractivity contribution in [1.29, 1.82) is 0 Å². The molecular weight excluding hydrogens is 226 g/mol. The number of pyridine rings is 1. The molecule has 3 N–H and O–H groups in total. The van der Waals surface area contributed by atoms with Crippen molar-refractivity contribution in [3.05, 3.63) is 23.5 Å². The van der Waals surface area contributed by atoms with Crippen LogP contribution in [0.25, 0.3) is 0 Å². The number of carbonyl (C=O) groups is 1. The predicted molar refractivity (Wildman–Crippen MR) is 74.3 cm³/mol. The van der Waals surface area contributed by atoms with Gasteiger partial charge in [0.05, 0.1) is 5.56 Å². The molecule has 0 saturated carbocycles. The van der Waals surface area contributed by atoms with E-state index in [0.717, 1.165) is 5.69 Å². The second-order valence-corrected chi connectivity index (χ2v) is 5.74. The van der Waals surface area contributed by atoms with E-state index in [1.165, 1.54) is 6.20 Å². The molecule has 100 valence electrons. The summed E-state index contributed by atoms with van der Waals surface area (Å²) >= 11 is 0. The summed E-state index contributed by atoms with van der Waals surface area (Å²) in [6.45, 7) is 11.0. The van der Waals surface area contributed by atoms with Gasteiger partial charge in [0, 0.05) is 24.1 Å². The third-order valence-corrected chi connectivity index (χ3v) is 3.58. The molecular formula is C14H23N3O. The van der Waals surface area contributed by atoms with Crippen LogP contribution in [0, 0.1) is 18.3 Å². The lowest BCUT2D eigenvalue weighted by atomic mass is 9.81. The van der Waals surface area contributed by atoms with E-state index < -0.39 is 0 Å². The Balaban J connectivity index is 2.72. The highest BCUT2D eigenvalue weighted by Crippen LogP contribution is 2.24. The van der Waals surface area contributed by atoms with Crippen molar-refractivity contribution >= 4 is 11.6 Å². The van der Waals surface area contributed by atoms with Crippen molar-refractivity contribution in [3.63, 3.8) is 0 Å². The quantitative estimate of drug-likeness (QED) is 0.861. The fourth-order valence-corrected chi connectivity index (χ4v) is 1.38. The average Bonchev–Trinajstić information content (AvgIpc) is 2.25. The zero-order valence-corrected chi connectivity index (χ0v) is 11.9. The van der Waals surface area contributed by atoms with Gasteiger partial charge in [0.1, 0.15) is 0 Å². The molecule has 0 aliphatic carbocycles. The molecule has 0 spiro atoms. The Labute approximate surface area is 109 Å². The molecule has 1 heterocycles. The van der Waals surface area contributed by atoms with Gasteiger partial charge in [-0.2, -0.15) is 0 Å². The van der Waals surface area contributed by atoms with Gasteiger partial charge in [0.25, 0.3) is 5.91 Å². The highest BCUT2D eigenvalue weighted by molar-refractivity contribution is 5.98. The minimum Gasteiger partial charge on any atom is -0.398 e. The van der Waals surface area contributed by atoms with E-state index in [1.54, 1.807) is 6.07 Å². The van der Waals surface area contributed by atoms with Crippen LogP contribution in [0.15, 0.2) is 12.3 Å². The lowest BCUT2D eigenvalue weighted by Gasteiger charge is -2.29. The Morgan fingerprint density at radius 2 is 2.11 bits per heavy atom. The van der Waals surface area contributed by atoms with Crippen LogP contribution in [-0.4, -0.2) is 17.4 Å². The summed E-state index contributed by atoms with van der Waals surface area (Å²) in [5.41, 5.74) is 7.61. The maximum absolute atomic E-state index is 12.0. The molecule has 0 saturated heterocycles. The van der Waals surface area contributed by atoms with E-state index >= 15 is 0 Å². The maximum Gasteiger partial charge on any atom is 0.254 e. The van der Waals surface area contributed by atoms with Crippen LogP contribution in [-0.2, 0) is 0 Å². The van der Waals surface area contributed by atoms with Gasteiger partial charge >= 0.3 is 0 Å². The summed E-state index contributed by atoms with van der Waals surface area (Å²) in [5, 5.41) is 2.92. The van der Waals surface area contributed by atoms with Crippen LogP contribution in [0.4, 0.5) is 5.69 Å². The molecule has 0 atom stereocenters. The van der Waals surface area contributed by atoms with Gasteiger partial charge < -0.3 is 11.1 Å².